The maximum absolute atomic E-state index is 13.8. The van der Waals surface area contributed by atoms with Crippen LogP contribution in [0.15, 0.2) is 12.3 Å². The highest BCUT2D eigenvalue weighted by molar-refractivity contribution is 6.13. The maximum atomic E-state index is 13.8. The highest BCUT2D eigenvalue weighted by Crippen LogP contribution is 2.39. The number of H-pyrrole nitrogens is 1. The molecule has 1 aromatic rings. The quantitative estimate of drug-likeness (QED) is 0.665. The molecule has 2 heterocycles. The van der Waals surface area contributed by atoms with Crippen molar-refractivity contribution in [1.82, 2.24) is 15.3 Å². The Bertz CT molecular complexity index is 672. The fraction of sp³-hybridized carbons (Fsp3) is 0.385. The van der Waals surface area contributed by atoms with Gasteiger partial charge in [0.25, 0.3) is 5.91 Å². The van der Waals surface area contributed by atoms with E-state index in [1.54, 1.807) is 6.20 Å². The second-order valence-corrected chi connectivity index (χ2v) is 5.25. The zero-order chi connectivity index (χ0) is 13.8. The minimum Gasteiger partial charge on any atom is -0.394 e. The fourth-order valence-corrected chi connectivity index (χ4v) is 2.15. The van der Waals surface area contributed by atoms with E-state index in [0.717, 1.165) is 22.3 Å². The van der Waals surface area contributed by atoms with E-state index in [-0.39, 0.29) is 0 Å². The first kappa shape index (κ1) is 12.1. The Kier molecular flexibility index (Phi) is 2.40. The van der Waals surface area contributed by atoms with Crippen molar-refractivity contribution in [2.24, 2.45) is 0 Å². The number of rotatable bonds is 4. The van der Waals surface area contributed by atoms with Crippen molar-refractivity contribution in [1.29, 1.82) is 0 Å². The van der Waals surface area contributed by atoms with Crippen molar-refractivity contribution in [3.05, 3.63) is 17.8 Å². The number of nitrogens with zero attached hydrogens (tertiary/aromatic N) is 1. The third-order valence-electron chi connectivity index (χ3n) is 3.42. The Hall–Kier alpha value is -1.95. The summed E-state index contributed by atoms with van der Waals surface area (Å²) in [4.78, 5) is 19.2. The number of hydrogen-bond donors (Lipinski definition) is 3. The van der Waals surface area contributed by atoms with Crippen LogP contribution in [0.5, 0.6) is 0 Å². The normalized spacial score (nSPS) is 14.5. The molecular formula is C13H14FN3O2. The number of aromatic amines is 1. The van der Waals surface area contributed by atoms with Crippen molar-refractivity contribution < 1.29 is 14.3 Å². The topological polar surface area (TPSA) is 78.0 Å². The first-order valence-corrected chi connectivity index (χ1v) is 6.05. The molecule has 0 bridgehead atoms. The van der Waals surface area contributed by atoms with Gasteiger partial charge in [-0.25, -0.2) is 9.37 Å². The number of carbonyl (C=O) groups is 1. The van der Waals surface area contributed by atoms with E-state index < -0.39 is 24.2 Å². The molecule has 19 heavy (non-hydrogen) atoms. The molecule has 5 nitrogen and oxygen atoms in total. The predicted molar refractivity (Wildman–Crippen MR) is 68.6 cm³/mol. The molecule has 0 saturated heterocycles. The highest BCUT2D eigenvalue weighted by Gasteiger charge is 2.32. The molecule has 1 atom stereocenters. The number of aliphatic hydroxyl groups is 1. The van der Waals surface area contributed by atoms with E-state index in [9.17, 15) is 9.18 Å². The standard InChI is InChI=1S/C13H14FN3O2/c1-13(2,14)9(5-18)17-12(19)7-4-15-10-6(7)3-8-11(10)16-8/h3-4,9,15,18H,5H2,1-2H3,(H,17,19)/t9-/m1/s1. The molecule has 100 valence electrons. The van der Waals surface area contributed by atoms with Crippen LogP contribution in [0.25, 0.3) is 22.3 Å². The molecule has 3 rings (SSSR count). The van der Waals surface area contributed by atoms with E-state index in [1.165, 1.54) is 13.8 Å². The number of amides is 1. The van der Waals surface area contributed by atoms with Gasteiger partial charge in [-0.1, -0.05) is 0 Å². The Morgan fingerprint density at radius 1 is 1.63 bits per heavy atom. The van der Waals surface area contributed by atoms with Crippen molar-refractivity contribution in [2.45, 2.75) is 25.6 Å². The van der Waals surface area contributed by atoms with Crippen LogP contribution in [0.1, 0.15) is 24.2 Å². The first-order chi connectivity index (χ1) is 8.91. The number of carbonyl (C=O) groups excluding carboxylic acids is 1. The van der Waals surface area contributed by atoms with Gasteiger partial charge in [0, 0.05) is 11.6 Å². The molecular weight excluding hydrogens is 249 g/mol. The summed E-state index contributed by atoms with van der Waals surface area (Å²) < 4.78 is 13.8. The lowest BCUT2D eigenvalue weighted by molar-refractivity contribution is 0.0726. The maximum Gasteiger partial charge on any atom is 0.253 e. The van der Waals surface area contributed by atoms with E-state index in [4.69, 9.17) is 5.11 Å². The summed E-state index contributed by atoms with van der Waals surface area (Å²) in [7, 11) is 0. The summed E-state index contributed by atoms with van der Waals surface area (Å²) in [5.41, 5.74) is 1.37. The SMILES string of the molecule is CC(C)(F)[C@@H](CO)NC(=O)c1c[nH]c2c3nc-3cc12. The molecule has 0 fully saturated rings. The second kappa shape index (κ2) is 3.77. The average molecular weight is 263 g/mol. The van der Waals surface area contributed by atoms with E-state index in [2.05, 4.69) is 15.3 Å². The lowest BCUT2D eigenvalue weighted by Crippen LogP contribution is -2.49. The molecule has 0 saturated carbocycles. The number of aliphatic hydroxyl groups excluding tert-OH is 1. The zero-order valence-electron chi connectivity index (χ0n) is 10.6. The van der Waals surface area contributed by atoms with Gasteiger partial charge in [0.2, 0.25) is 0 Å². The van der Waals surface area contributed by atoms with Crippen LogP contribution < -0.4 is 5.32 Å². The summed E-state index contributed by atoms with van der Waals surface area (Å²) in [6.45, 7) is 2.19. The largest absolute Gasteiger partial charge is 0.394 e. The molecule has 0 spiro atoms. The van der Waals surface area contributed by atoms with Crippen molar-refractivity contribution >= 4 is 16.8 Å². The van der Waals surface area contributed by atoms with Gasteiger partial charge in [0.1, 0.15) is 11.4 Å². The molecule has 1 amide bonds. The van der Waals surface area contributed by atoms with E-state index in [1.807, 2.05) is 6.07 Å². The summed E-state index contributed by atoms with van der Waals surface area (Å²) in [5, 5.41) is 12.5. The molecule has 2 aliphatic rings. The van der Waals surface area contributed by atoms with Gasteiger partial charge in [-0.3, -0.25) is 4.79 Å². The number of nitrogens with one attached hydrogen (secondary N) is 2. The number of hydrogen-bond acceptors (Lipinski definition) is 3. The van der Waals surface area contributed by atoms with E-state index >= 15 is 0 Å². The van der Waals surface area contributed by atoms with Gasteiger partial charge in [-0.05, 0) is 19.9 Å². The van der Waals surface area contributed by atoms with Gasteiger partial charge >= 0.3 is 0 Å². The number of pyridine rings is 1. The second-order valence-electron chi connectivity index (χ2n) is 5.25. The van der Waals surface area contributed by atoms with Crippen LogP contribution in [0, 0.1) is 0 Å². The third kappa shape index (κ3) is 1.88. The van der Waals surface area contributed by atoms with Gasteiger partial charge in [-0.15, -0.1) is 0 Å². The van der Waals surface area contributed by atoms with Gasteiger partial charge in [0.05, 0.1) is 29.4 Å². The molecule has 0 aromatic carbocycles. The summed E-state index contributed by atoms with van der Waals surface area (Å²) in [5.74, 6) is -0.402. The number of alkyl halides is 1. The monoisotopic (exact) mass is 263 g/mol. The summed E-state index contributed by atoms with van der Waals surface area (Å²) in [6.07, 6.45) is 1.58. The Morgan fingerprint density at radius 2 is 2.37 bits per heavy atom. The van der Waals surface area contributed by atoms with Crippen molar-refractivity contribution in [3.8, 4) is 11.4 Å². The fourth-order valence-electron chi connectivity index (χ4n) is 2.15. The zero-order valence-corrected chi connectivity index (χ0v) is 10.6. The smallest absolute Gasteiger partial charge is 0.253 e. The van der Waals surface area contributed by atoms with Crippen LogP contribution >= 0.6 is 0 Å². The van der Waals surface area contributed by atoms with Crippen LogP contribution in [-0.2, 0) is 0 Å². The Morgan fingerprint density at radius 3 is 3.00 bits per heavy atom. The molecule has 1 aromatic heterocycles. The Labute approximate surface area is 108 Å². The Balaban J connectivity index is 1.85. The lowest BCUT2D eigenvalue weighted by Gasteiger charge is -2.25. The number of aromatic nitrogens is 2. The van der Waals surface area contributed by atoms with Crippen molar-refractivity contribution in [3.63, 3.8) is 0 Å². The van der Waals surface area contributed by atoms with Crippen LogP contribution in [0.4, 0.5) is 4.39 Å². The molecule has 0 radical (unpaired) electrons. The van der Waals surface area contributed by atoms with Gasteiger partial charge in [0.15, 0.2) is 0 Å². The third-order valence-corrected chi connectivity index (χ3v) is 3.42. The predicted octanol–water partition coefficient (Wildman–Crippen LogP) is 1.38. The molecule has 3 N–H and O–H groups in total. The van der Waals surface area contributed by atoms with Crippen LogP contribution in [0.2, 0.25) is 0 Å². The van der Waals surface area contributed by atoms with Crippen molar-refractivity contribution in [2.75, 3.05) is 6.61 Å². The minimum atomic E-state index is -1.69. The van der Waals surface area contributed by atoms with Crippen LogP contribution in [-0.4, -0.2) is 39.3 Å². The number of fused-ring (bicyclic) bond motifs is 3. The molecule has 1 aliphatic carbocycles. The highest BCUT2D eigenvalue weighted by atomic mass is 19.1. The molecule has 6 heteroatoms. The molecule has 0 unspecified atom stereocenters. The van der Waals surface area contributed by atoms with Gasteiger partial charge < -0.3 is 15.4 Å². The van der Waals surface area contributed by atoms with E-state index in [0.29, 0.717) is 5.56 Å². The average Bonchev–Trinajstić information content (AvgIpc) is 2.82. The summed E-state index contributed by atoms with van der Waals surface area (Å²) in [6, 6.07) is 0.886. The summed E-state index contributed by atoms with van der Waals surface area (Å²) >= 11 is 0. The number of halogens is 1. The minimum absolute atomic E-state index is 0.402. The molecule has 1 aliphatic heterocycles. The lowest BCUT2D eigenvalue weighted by atomic mass is 10.0. The first-order valence-electron chi connectivity index (χ1n) is 6.05. The van der Waals surface area contributed by atoms with Gasteiger partial charge in [-0.2, -0.15) is 0 Å². The van der Waals surface area contributed by atoms with Crippen LogP contribution in [0.3, 0.4) is 0 Å².